The van der Waals surface area contributed by atoms with Gasteiger partial charge in [-0.15, -0.1) is 0 Å². The average Bonchev–Trinajstić information content (AvgIpc) is 3.38. The summed E-state index contributed by atoms with van der Waals surface area (Å²) in [5.41, 5.74) is 1.68. The minimum absolute atomic E-state index is 0.0284. The molecule has 0 atom stereocenters. The maximum absolute atomic E-state index is 12.5. The minimum atomic E-state index is -0.503. The maximum atomic E-state index is 12.5. The van der Waals surface area contributed by atoms with Gasteiger partial charge in [-0.2, -0.15) is 0 Å². The fourth-order valence-electron chi connectivity index (χ4n) is 3.44. The normalized spacial score (nSPS) is 11.2. The van der Waals surface area contributed by atoms with Crippen molar-refractivity contribution in [3.8, 4) is 5.75 Å². The summed E-state index contributed by atoms with van der Waals surface area (Å²) in [6.45, 7) is 4.23. The smallest absolute Gasteiger partial charge is 0.338 e. The molecule has 3 heterocycles. The number of fused-ring (bicyclic) bond motifs is 1. The molecule has 0 N–H and O–H groups in total. The number of carbonyl (C=O) groups is 1. The van der Waals surface area contributed by atoms with Gasteiger partial charge in [0, 0.05) is 14.1 Å². The van der Waals surface area contributed by atoms with Crippen molar-refractivity contribution in [3.05, 3.63) is 74.0 Å². The van der Waals surface area contributed by atoms with E-state index in [-0.39, 0.29) is 24.3 Å². The molecule has 11 nitrogen and oxygen atoms in total. The van der Waals surface area contributed by atoms with Crippen molar-refractivity contribution in [3.63, 3.8) is 0 Å². The van der Waals surface area contributed by atoms with Crippen LogP contribution in [0.3, 0.4) is 0 Å². The van der Waals surface area contributed by atoms with Gasteiger partial charge in [0.15, 0.2) is 11.2 Å². The molecule has 0 radical (unpaired) electrons. The molecule has 1 aromatic carbocycles. The molecule has 33 heavy (non-hydrogen) atoms. The van der Waals surface area contributed by atoms with Crippen molar-refractivity contribution in [2.45, 2.75) is 27.0 Å². The number of imidazole rings is 1. The summed E-state index contributed by atoms with van der Waals surface area (Å²) in [4.78, 5) is 41.0. The number of ether oxygens (including phenoxy) is 2. The molecule has 0 saturated heterocycles. The van der Waals surface area contributed by atoms with Gasteiger partial charge in [-0.25, -0.2) is 14.6 Å². The summed E-state index contributed by atoms with van der Waals surface area (Å²) < 4.78 is 20.1. The molecular weight excluding hydrogens is 430 g/mol. The molecule has 0 aliphatic rings. The van der Waals surface area contributed by atoms with Crippen LogP contribution < -0.4 is 16.0 Å². The SMILES string of the molecule is Cc1noc(C)c1COc1ccc(C(=O)OCCn2cnc3c2c(=O)n(C)c(=O)n3C)cc1. The molecule has 0 fully saturated rings. The van der Waals surface area contributed by atoms with E-state index in [4.69, 9.17) is 14.0 Å². The van der Waals surface area contributed by atoms with Crippen LogP contribution in [0.2, 0.25) is 0 Å². The number of carbonyl (C=O) groups excluding carboxylic acids is 1. The van der Waals surface area contributed by atoms with Crippen molar-refractivity contribution >= 4 is 17.1 Å². The van der Waals surface area contributed by atoms with E-state index in [1.165, 1.54) is 17.9 Å². The highest BCUT2D eigenvalue weighted by Crippen LogP contribution is 2.18. The Balaban J connectivity index is 1.37. The lowest BCUT2D eigenvalue weighted by atomic mass is 10.2. The van der Waals surface area contributed by atoms with Gasteiger partial charge in [-0.1, -0.05) is 5.16 Å². The number of rotatable bonds is 7. The lowest BCUT2D eigenvalue weighted by Gasteiger charge is -2.09. The van der Waals surface area contributed by atoms with E-state index < -0.39 is 17.2 Å². The quantitative estimate of drug-likeness (QED) is 0.386. The molecule has 4 aromatic rings. The average molecular weight is 453 g/mol. The second-order valence-electron chi connectivity index (χ2n) is 7.57. The van der Waals surface area contributed by atoms with Crippen molar-refractivity contribution in [1.29, 1.82) is 0 Å². The van der Waals surface area contributed by atoms with Crippen molar-refractivity contribution in [2.75, 3.05) is 6.61 Å². The third kappa shape index (κ3) is 4.16. The Kier molecular flexibility index (Phi) is 5.86. The molecule has 0 bridgehead atoms. The Bertz CT molecular complexity index is 1420. The van der Waals surface area contributed by atoms with Crippen LogP contribution in [-0.2, 0) is 32.0 Å². The summed E-state index contributed by atoms with van der Waals surface area (Å²) in [6, 6.07) is 6.59. The highest BCUT2D eigenvalue weighted by Gasteiger charge is 2.15. The highest BCUT2D eigenvalue weighted by atomic mass is 16.5. The minimum Gasteiger partial charge on any atom is -0.489 e. The maximum Gasteiger partial charge on any atom is 0.338 e. The lowest BCUT2D eigenvalue weighted by molar-refractivity contribution is 0.0492. The third-order valence-electron chi connectivity index (χ3n) is 5.44. The third-order valence-corrected chi connectivity index (χ3v) is 5.44. The monoisotopic (exact) mass is 453 g/mol. The van der Waals surface area contributed by atoms with Crippen LogP contribution in [0.5, 0.6) is 5.75 Å². The van der Waals surface area contributed by atoms with E-state index in [1.807, 2.05) is 13.8 Å². The fraction of sp³-hybridized carbons (Fsp3) is 0.318. The van der Waals surface area contributed by atoms with E-state index in [0.29, 0.717) is 23.7 Å². The zero-order chi connectivity index (χ0) is 23.7. The first kappa shape index (κ1) is 22.1. The molecule has 11 heteroatoms. The molecular formula is C22H23N5O6. The Morgan fingerprint density at radius 3 is 2.48 bits per heavy atom. The van der Waals surface area contributed by atoms with Crippen LogP contribution in [0.15, 0.2) is 44.7 Å². The second-order valence-corrected chi connectivity index (χ2v) is 7.57. The second kappa shape index (κ2) is 8.77. The van der Waals surface area contributed by atoms with Crippen LogP contribution in [-0.4, -0.2) is 36.4 Å². The molecule has 0 aliphatic carbocycles. The first-order valence-corrected chi connectivity index (χ1v) is 10.2. The topological polar surface area (TPSA) is 123 Å². The molecule has 0 spiro atoms. The van der Waals surface area contributed by atoms with Gasteiger partial charge < -0.3 is 18.6 Å². The Labute approximate surface area is 187 Å². The van der Waals surface area contributed by atoms with Gasteiger partial charge >= 0.3 is 11.7 Å². The fourth-order valence-corrected chi connectivity index (χ4v) is 3.44. The molecule has 0 aliphatic heterocycles. The van der Waals surface area contributed by atoms with Crippen molar-refractivity contribution in [2.24, 2.45) is 14.1 Å². The summed E-state index contributed by atoms with van der Waals surface area (Å²) in [7, 11) is 2.95. The number of aromatic nitrogens is 5. The lowest BCUT2D eigenvalue weighted by Crippen LogP contribution is -2.37. The van der Waals surface area contributed by atoms with Gasteiger partial charge in [-0.3, -0.25) is 13.9 Å². The summed E-state index contributed by atoms with van der Waals surface area (Å²) in [5, 5.41) is 3.89. The standard InChI is InChI=1S/C22H23N5O6/c1-13-17(14(2)33-24-13)11-32-16-7-5-15(6-8-16)21(29)31-10-9-27-12-23-19-18(27)20(28)26(4)22(30)25(19)3/h5-8,12H,9-11H2,1-4H3. The highest BCUT2D eigenvalue weighted by molar-refractivity contribution is 5.89. The molecule has 4 rings (SSSR count). The van der Waals surface area contributed by atoms with Gasteiger partial charge in [0.05, 0.1) is 29.7 Å². The summed E-state index contributed by atoms with van der Waals surface area (Å²) in [6.07, 6.45) is 1.45. The van der Waals surface area contributed by atoms with E-state index in [9.17, 15) is 14.4 Å². The predicted octanol–water partition coefficient (Wildman–Crippen LogP) is 1.47. The van der Waals surface area contributed by atoms with Crippen LogP contribution in [0, 0.1) is 13.8 Å². The van der Waals surface area contributed by atoms with E-state index in [2.05, 4.69) is 10.1 Å². The Morgan fingerprint density at radius 1 is 1.09 bits per heavy atom. The number of aryl methyl sites for hydroxylation is 3. The number of hydrogen-bond donors (Lipinski definition) is 0. The molecule has 3 aromatic heterocycles. The van der Waals surface area contributed by atoms with Crippen molar-refractivity contribution in [1.82, 2.24) is 23.8 Å². The Morgan fingerprint density at radius 2 is 1.82 bits per heavy atom. The zero-order valence-corrected chi connectivity index (χ0v) is 18.7. The van der Waals surface area contributed by atoms with Gasteiger partial charge in [-0.05, 0) is 38.1 Å². The zero-order valence-electron chi connectivity index (χ0n) is 18.7. The van der Waals surface area contributed by atoms with E-state index in [1.54, 1.807) is 35.9 Å². The first-order valence-electron chi connectivity index (χ1n) is 10.2. The van der Waals surface area contributed by atoms with Gasteiger partial charge in [0.2, 0.25) is 0 Å². The van der Waals surface area contributed by atoms with Crippen molar-refractivity contribution < 1.29 is 18.8 Å². The summed E-state index contributed by atoms with van der Waals surface area (Å²) in [5.74, 6) is 0.799. The van der Waals surface area contributed by atoms with Gasteiger partial charge in [0.1, 0.15) is 24.7 Å². The molecule has 0 unspecified atom stereocenters. The van der Waals surface area contributed by atoms with Crippen LogP contribution in [0.25, 0.3) is 11.2 Å². The largest absolute Gasteiger partial charge is 0.489 e. The number of nitrogens with zero attached hydrogens (tertiary/aromatic N) is 5. The van der Waals surface area contributed by atoms with E-state index in [0.717, 1.165) is 15.8 Å². The van der Waals surface area contributed by atoms with E-state index >= 15 is 0 Å². The van der Waals surface area contributed by atoms with Crippen LogP contribution in [0.1, 0.15) is 27.4 Å². The van der Waals surface area contributed by atoms with Crippen LogP contribution in [0.4, 0.5) is 0 Å². The first-order chi connectivity index (χ1) is 15.8. The van der Waals surface area contributed by atoms with Crippen LogP contribution >= 0.6 is 0 Å². The molecule has 0 amide bonds. The number of esters is 1. The number of benzene rings is 1. The van der Waals surface area contributed by atoms with Gasteiger partial charge in [0.25, 0.3) is 5.56 Å². The predicted molar refractivity (Wildman–Crippen MR) is 117 cm³/mol. The summed E-state index contributed by atoms with van der Waals surface area (Å²) >= 11 is 0. The molecule has 0 saturated carbocycles. The Hall–Kier alpha value is -4.15. The number of hydrogen-bond acceptors (Lipinski definition) is 8. The molecule has 172 valence electrons.